The molecule has 3 nitrogen and oxygen atoms in total. The lowest BCUT2D eigenvalue weighted by molar-refractivity contribution is 0.0799. The highest BCUT2D eigenvalue weighted by molar-refractivity contribution is 5.39. The monoisotopic (exact) mass is 274 g/mol. The van der Waals surface area contributed by atoms with Gasteiger partial charge in [-0.1, -0.05) is 32.0 Å². The SMILES string of the molecule is CCNC1c2ccccc2OCC1N1CC(C)CC1C. The maximum atomic E-state index is 6.03. The Kier molecular flexibility index (Phi) is 3.99. The molecule has 1 aromatic carbocycles. The molecule has 0 spiro atoms. The molecule has 3 rings (SSSR count). The van der Waals surface area contributed by atoms with Gasteiger partial charge >= 0.3 is 0 Å². The summed E-state index contributed by atoms with van der Waals surface area (Å²) in [6, 6.07) is 9.96. The lowest BCUT2D eigenvalue weighted by atomic mass is 9.94. The Hall–Kier alpha value is -1.06. The van der Waals surface area contributed by atoms with Crippen LogP contribution in [-0.2, 0) is 0 Å². The van der Waals surface area contributed by atoms with E-state index in [9.17, 15) is 0 Å². The van der Waals surface area contributed by atoms with Gasteiger partial charge in [0.2, 0.25) is 0 Å². The number of nitrogens with one attached hydrogen (secondary N) is 1. The van der Waals surface area contributed by atoms with E-state index in [-0.39, 0.29) is 0 Å². The van der Waals surface area contributed by atoms with Crippen LogP contribution in [0.5, 0.6) is 5.75 Å². The fourth-order valence-corrected chi connectivity index (χ4v) is 3.90. The van der Waals surface area contributed by atoms with Crippen LogP contribution in [0, 0.1) is 5.92 Å². The topological polar surface area (TPSA) is 24.5 Å². The fraction of sp³-hybridized carbons (Fsp3) is 0.647. The van der Waals surface area contributed by atoms with Gasteiger partial charge in [-0.3, -0.25) is 4.90 Å². The molecule has 2 heterocycles. The fourth-order valence-electron chi connectivity index (χ4n) is 3.90. The summed E-state index contributed by atoms with van der Waals surface area (Å²) in [5, 5.41) is 3.68. The van der Waals surface area contributed by atoms with Crippen LogP contribution < -0.4 is 10.1 Å². The summed E-state index contributed by atoms with van der Waals surface area (Å²) in [7, 11) is 0. The lowest BCUT2D eigenvalue weighted by Crippen LogP contribution is -2.51. The number of para-hydroxylation sites is 1. The van der Waals surface area contributed by atoms with E-state index in [1.807, 2.05) is 0 Å². The van der Waals surface area contributed by atoms with Crippen molar-refractivity contribution in [3.63, 3.8) is 0 Å². The molecule has 0 radical (unpaired) electrons. The molecule has 1 N–H and O–H groups in total. The largest absolute Gasteiger partial charge is 0.492 e. The van der Waals surface area contributed by atoms with Crippen LogP contribution in [0.2, 0.25) is 0 Å². The molecule has 20 heavy (non-hydrogen) atoms. The van der Waals surface area contributed by atoms with E-state index in [0.29, 0.717) is 18.1 Å². The van der Waals surface area contributed by atoms with Gasteiger partial charge in [0.05, 0.1) is 12.1 Å². The molecule has 3 heteroatoms. The molecule has 0 amide bonds. The van der Waals surface area contributed by atoms with Crippen LogP contribution in [0.4, 0.5) is 0 Å². The van der Waals surface area contributed by atoms with Crippen molar-refractivity contribution in [3.8, 4) is 5.75 Å². The number of fused-ring (bicyclic) bond motifs is 1. The van der Waals surface area contributed by atoms with Crippen molar-refractivity contribution in [2.75, 3.05) is 19.7 Å². The van der Waals surface area contributed by atoms with Crippen molar-refractivity contribution in [3.05, 3.63) is 29.8 Å². The Balaban J connectivity index is 1.88. The second-order valence-electron chi connectivity index (χ2n) is 6.34. The minimum atomic E-state index is 0.387. The highest BCUT2D eigenvalue weighted by atomic mass is 16.5. The molecule has 0 bridgehead atoms. The Morgan fingerprint density at radius 2 is 2.10 bits per heavy atom. The van der Waals surface area contributed by atoms with Gasteiger partial charge in [0.25, 0.3) is 0 Å². The quantitative estimate of drug-likeness (QED) is 0.917. The first-order chi connectivity index (χ1) is 9.70. The third-order valence-electron chi connectivity index (χ3n) is 4.73. The third kappa shape index (κ3) is 2.45. The number of ether oxygens (including phenoxy) is 1. The predicted octanol–water partition coefficient (Wildman–Crippen LogP) is 2.83. The molecule has 0 aromatic heterocycles. The van der Waals surface area contributed by atoms with E-state index in [1.54, 1.807) is 0 Å². The van der Waals surface area contributed by atoms with Gasteiger partial charge in [-0.25, -0.2) is 0 Å². The van der Waals surface area contributed by atoms with E-state index in [2.05, 4.69) is 55.3 Å². The highest BCUT2D eigenvalue weighted by Crippen LogP contribution is 2.37. The van der Waals surface area contributed by atoms with E-state index < -0.39 is 0 Å². The minimum absolute atomic E-state index is 0.387. The lowest BCUT2D eigenvalue weighted by Gasteiger charge is -2.41. The number of benzene rings is 1. The number of nitrogens with zero attached hydrogens (tertiary/aromatic N) is 1. The van der Waals surface area contributed by atoms with E-state index in [4.69, 9.17) is 4.74 Å². The summed E-state index contributed by atoms with van der Waals surface area (Å²) in [6.07, 6.45) is 1.30. The first-order valence-corrected chi connectivity index (χ1v) is 7.91. The molecule has 4 atom stereocenters. The van der Waals surface area contributed by atoms with Crippen molar-refractivity contribution >= 4 is 0 Å². The maximum absolute atomic E-state index is 6.03. The van der Waals surface area contributed by atoms with E-state index in [1.165, 1.54) is 18.5 Å². The zero-order chi connectivity index (χ0) is 14.1. The molecule has 0 aliphatic carbocycles. The molecule has 110 valence electrons. The van der Waals surface area contributed by atoms with Gasteiger partial charge in [-0.15, -0.1) is 0 Å². The zero-order valence-electron chi connectivity index (χ0n) is 12.8. The van der Waals surface area contributed by atoms with Gasteiger partial charge in [0, 0.05) is 18.2 Å². The van der Waals surface area contributed by atoms with E-state index in [0.717, 1.165) is 24.8 Å². The second-order valence-corrected chi connectivity index (χ2v) is 6.34. The number of hydrogen-bond acceptors (Lipinski definition) is 3. The molecular weight excluding hydrogens is 248 g/mol. The van der Waals surface area contributed by atoms with Gasteiger partial charge in [-0.05, 0) is 31.9 Å². The average Bonchev–Trinajstić information content (AvgIpc) is 2.78. The molecule has 2 aliphatic heterocycles. The van der Waals surface area contributed by atoms with Crippen LogP contribution in [0.1, 0.15) is 38.8 Å². The zero-order valence-corrected chi connectivity index (χ0v) is 12.8. The first kappa shape index (κ1) is 13.9. The van der Waals surface area contributed by atoms with Crippen LogP contribution >= 0.6 is 0 Å². The van der Waals surface area contributed by atoms with Gasteiger partial charge in [-0.2, -0.15) is 0 Å². The Morgan fingerprint density at radius 1 is 1.30 bits per heavy atom. The normalized spacial score (nSPS) is 33.8. The summed E-state index contributed by atoms with van der Waals surface area (Å²) < 4.78 is 6.03. The molecule has 1 aromatic rings. The summed E-state index contributed by atoms with van der Waals surface area (Å²) >= 11 is 0. The van der Waals surface area contributed by atoms with Crippen molar-refractivity contribution in [2.45, 2.75) is 45.3 Å². The molecule has 0 saturated carbocycles. The third-order valence-corrected chi connectivity index (χ3v) is 4.73. The van der Waals surface area contributed by atoms with Crippen LogP contribution in [0.15, 0.2) is 24.3 Å². The maximum Gasteiger partial charge on any atom is 0.124 e. The second kappa shape index (κ2) is 5.74. The predicted molar refractivity (Wildman–Crippen MR) is 82.1 cm³/mol. The summed E-state index contributed by atoms with van der Waals surface area (Å²) in [6.45, 7) is 9.88. The first-order valence-electron chi connectivity index (χ1n) is 7.91. The molecule has 1 saturated heterocycles. The Labute approximate surface area is 122 Å². The molecule has 4 unspecified atom stereocenters. The standard InChI is InChI=1S/C17H26N2O/c1-4-18-17-14-7-5-6-8-16(14)20-11-15(17)19-10-12(2)9-13(19)3/h5-8,12-13,15,17-18H,4,9-11H2,1-3H3. The minimum Gasteiger partial charge on any atom is -0.492 e. The van der Waals surface area contributed by atoms with Crippen molar-refractivity contribution < 1.29 is 4.74 Å². The molecular formula is C17H26N2O. The van der Waals surface area contributed by atoms with Crippen LogP contribution in [0.25, 0.3) is 0 Å². The van der Waals surface area contributed by atoms with E-state index >= 15 is 0 Å². The smallest absolute Gasteiger partial charge is 0.124 e. The Morgan fingerprint density at radius 3 is 2.80 bits per heavy atom. The van der Waals surface area contributed by atoms with Crippen molar-refractivity contribution in [1.29, 1.82) is 0 Å². The molecule has 1 fully saturated rings. The summed E-state index contributed by atoms with van der Waals surface area (Å²) in [4.78, 5) is 2.65. The number of likely N-dealkylation sites (tertiary alicyclic amines) is 1. The Bertz CT molecular complexity index is 462. The van der Waals surface area contributed by atoms with Crippen LogP contribution in [-0.4, -0.2) is 36.7 Å². The number of rotatable bonds is 3. The summed E-state index contributed by atoms with van der Waals surface area (Å²) in [5.74, 6) is 1.85. The summed E-state index contributed by atoms with van der Waals surface area (Å²) in [5.41, 5.74) is 1.32. The average molecular weight is 274 g/mol. The van der Waals surface area contributed by atoms with Crippen molar-refractivity contribution in [1.82, 2.24) is 10.2 Å². The van der Waals surface area contributed by atoms with Gasteiger partial charge in [0.1, 0.15) is 12.4 Å². The highest BCUT2D eigenvalue weighted by Gasteiger charge is 2.39. The van der Waals surface area contributed by atoms with Crippen molar-refractivity contribution in [2.24, 2.45) is 5.92 Å². The number of likely N-dealkylation sites (N-methyl/N-ethyl adjacent to an activating group) is 1. The van der Waals surface area contributed by atoms with Gasteiger partial charge in [0.15, 0.2) is 0 Å². The number of hydrogen-bond donors (Lipinski definition) is 1. The van der Waals surface area contributed by atoms with Crippen LogP contribution in [0.3, 0.4) is 0 Å². The van der Waals surface area contributed by atoms with Gasteiger partial charge < -0.3 is 10.1 Å². The molecule has 2 aliphatic rings.